The minimum absolute atomic E-state index is 0.0627. The van der Waals surface area contributed by atoms with Crippen molar-refractivity contribution in [1.82, 2.24) is 25.1 Å². The van der Waals surface area contributed by atoms with Crippen molar-refractivity contribution in [3.63, 3.8) is 0 Å². The zero-order chi connectivity index (χ0) is 19.1. The summed E-state index contributed by atoms with van der Waals surface area (Å²) in [7, 11) is 0. The molecule has 1 aliphatic heterocycles. The smallest absolute Gasteiger partial charge is 0.254 e. The van der Waals surface area contributed by atoms with Crippen LogP contribution in [0, 0.1) is 6.92 Å². The number of hydrogen-bond donors (Lipinski definition) is 2. The van der Waals surface area contributed by atoms with Gasteiger partial charge in [-0.3, -0.25) is 14.8 Å². The highest BCUT2D eigenvalue weighted by Gasteiger charge is 2.43. The van der Waals surface area contributed by atoms with Gasteiger partial charge in [0.05, 0.1) is 17.6 Å². The minimum atomic E-state index is 0.0627. The van der Waals surface area contributed by atoms with Gasteiger partial charge in [-0.1, -0.05) is 30.3 Å². The summed E-state index contributed by atoms with van der Waals surface area (Å²) >= 11 is 0. The molecular formula is C22H25N5O. The van der Waals surface area contributed by atoms with E-state index in [-0.39, 0.29) is 11.0 Å². The Morgan fingerprint density at radius 1 is 1.14 bits per heavy atom. The summed E-state index contributed by atoms with van der Waals surface area (Å²) in [6.45, 7) is 4.82. The molecule has 0 unspecified atom stereocenters. The topological polar surface area (TPSA) is 77.7 Å². The molecule has 2 aliphatic rings. The van der Waals surface area contributed by atoms with Gasteiger partial charge in [-0.2, -0.15) is 5.10 Å². The highest BCUT2D eigenvalue weighted by molar-refractivity contribution is 5.62. The molecule has 1 fully saturated rings. The quantitative estimate of drug-likeness (QED) is 0.738. The third kappa shape index (κ3) is 2.88. The van der Waals surface area contributed by atoms with Crippen LogP contribution in [0.25, 0.3) is 11.3 Å². The number of aromatic amines is 2. The van der Waals surface area contributed by atoms with Crippen molar-refractivity contribution < 1.29 is 0 Å². The van der Waals surface area contributed by atoms with Crippen molar-refractivity contribution in [2.24, 2.45) is 0 Å². The molecule has 0 atom stereocenters. The molecular weight excluding hydrogens is 350 g/mol. The van der Waals surface area contributed by atoms with Gasteiger partial charge in [0.2, 0.25) is 0 Å². The Bertz CT molecular complexity index is 1040. The molecule has 3 heterocycles. The van der Waals surface area contributed by atoms with Gasteiger partial charge in [-0.05, 0) is 51.3 Å². The summed E-state index contributed by atoms with van der Waals surface area (Å²) in [6, 6.07) is 10.4. The highest BCUT2D eigenvalue weighted by atomic mass is 16.1. The molecule has 1 saturated heterocycles. The average molecular weight is 375 g/mol. The Hall–Kier alpha value is -2.73. The molecule has 0 bridgehead atoms. The van der Waals surface area contributed by atoms with Gasteiger partial charge >= 0.3 is 0 Å². The van der Waals surface area contributed by atoms with Gasteiger partial charge in [-0.25, -0.2) is 4.98 Å². The fraction of sp³-hybridized carbons (Fsp3) is 0.409. The minimum Gasteiger partial charge on any atom is -0.311 e. The summed E-state index contributed by atoms with van der Waals surface area (Å²) in [5.41, 5.74) is 5.65. The molecule has 0 radical (unpaired) electrons. The van der Waals surface area contributed by atoms with Crippen LogP contribution in [0.5, 0.6) is 0 Å². The fourth-order valence-electron chi connectivity index (χ4n) is 4.92. The molecule has 28 heavy (non-hydrogen) atoms. The zero-order valence-electron chi connectivity index (χ0n) is 16.2. The Morgan fingerprint density at radius 2 is 1.93 bits per heavy atom. The first-order chi connectivity index (χ1) is 13.6. The first kappa shape index (κ1) is 17.4. The first-order valence-electron chi connectivity index (χ1n) is 10.0. The second-order valence-corrected chi connectivity index (χ2v) is 8.17. The van der Waals surface area contributed by atoms with Crippen molar-refractivity contribution in [2.45, 2.75) is 44.6 Å². The van der Waals surface area contributed by atoms with Crippen LogP contribution >= 0.6 is 0 Å². The van der Waals surface area contributed by atoms with E-state index < -0.39 is 0 Å². The van der Waals surface area contributed by atoms with Crippen molar-refractivity contribution in [1.29, 1.82) is 0 Å². The van der Waals surface area contributed by atoms with Crippen LogP contribution in [0.1, 0.15) is 41.9 Å². The summed E-state index contributed by atoms with van der Waals surface area (Å²) in [4.78, 5) is 22.4. The summed E-state index contributed by atoms with van der Waals surface area (Å²) < 4.78 is 0. The van der Waals surface area contributed by atoms with Crippen LogP contribution in [0.3, 0.4) is 0 Å². The van der Waals surface area contributed by atoms with Crippen LogP contribution in [0.15, 0.2) is 41.3 Å². The van der Waals surface area contributed by atoms with Crippen LogP contribution in [0.2, 0.25) is 0 Å². The standard InChI is InChI=1S/C22H25N5O/c1-15-24-20-18(21(28)25-15)7-8-22(20)9-11-27(12-10-22)14-17-13-23-26-19(17)16-5-3-2-4-6-16/h2-6,13H,7-12,14H2,1H3,(H,23,26)(H,24,25,28). The molecule has 6 nitrogen and oxygen atoms in total. The number of fused-ring (bicyclic) bond motifs is 2. The first-order valence-corrected chi connectivity index (χ1v) is 10.0. The van der Waals surface area contributed by atoms with Crippen molar-refractivity contribution >= 4 is 0 Å². The molecule has 0 amide bonds. The van der Waals surface area contributed by atoms with E-state index in [1.54, 1.807) is 0 Å². The van der Waals surface area contributed by atoms with E-state index in [9.17, 15) is 4.79 Å². The second-order valence-electron chi connectivity index (χ2n) is 8.17. The second kappa shape index (κ2) is 6.71. The van der Waals surface area contributed by atoms with Gasteiger partial charge < -0.3 is 4.98 Å². The number of likely N-dealkylation sites (tertiary alicyclic amines) is 1. The molecule has 144 valence electrons. The largest absolute Gasteiger partial charge is 0.311 e. The number of piperidine rings is 1. The molecule has 6 heteroatoms. The van der Waals surface area contributed by atoms with E-state index in [0.717, 1.165) is 68.1 Å². The number of hydrogen-bond acceptors (Lipinski definition) is 4. The summed E-state index contributed by atoms with van der Waals surface area (Å²) in [5.74, 6) is 0.735. The molecule has 1 spiro atoms. The number of benzene rings is 1. The predicted molar refractivity (Wildman–Crippen MR) is 108 cm³/mol. The summed E-state index contributed by atoms with van der Waals surface area (Å²) in [6.07, 6.45) is 5.99. The number of aromatic nitrogens is 4. The molecule has 2 aromatic heterocycles. The Morgan fingerprint density at radius 3 is 2.71 bits per heavy atom. The maximum atomic E-state index is 12.3. The predicted octanol–water partition coefficient (Wildman–Crippen LogP) is 2.95. The van der Waals surface area contributed by atoms with Crippen LogP contribution in [-0.4, -0.2) is 38.2 Å². The molecule has 1 aromatic carbocycles. The van der Waals surface area contributed by atoms with Crippen LogP contribution < -0.4 is 5.56 Å². The fourth-order valence-corrected chi connectivity index (χ4v) is 4.92. The number of nitrogens with zero attached hydrogens (tertiary/aromatic N) is 3. The van der Waals surface area contributed by atoms with Gasteiger partial charge in [0.25, 0.3) is 5.56 Å². The van der Waals surface area contributed by atoms with E-state index >= 15 is 0 Å². The summed E-state index contributed by atoms with van der Waals surface area (Å²) in [5, 5.41) is 7.45. The van der Waals surface area contributed by atoms with E-state index in [1.807, 2.05) is 19.2 Å². The molecule has 0 saturated carbocycles. The number of aryl methyl sites for hydroxylation is 1. The van der Waals surface area contributed by atoms with E-state index in [0.29, 0.717) is 0 Å². The zero-order valence-corrected chi connectivity index (χ0v) is 16.2. The van der Waals surface area contributed by atoms with Gasteiger partial charge in [0.15, 0.2) is 0 Å². The average Bonchev–Trinajstić information content (AvgIpc) is 3.30. The molecule has 2 N–H and O–H groups in total. The van der Waals surface area contributed by atoms with E-state index in [2.05, 4.69) is 44.3 Å². The monoisotopic (exact) mass is 375 g/mol. The molecule has 3 aromatic rings. The number of rotatable bonds is 3. The lowest BCUT2D eigenvalue weighted by Crippen LogP contribution is -2.41. The lowest BCUT2D eigenvalue weighted by molar-refractivity contribution is 0.150. The lowest BCUT2D eigenvalue weighted by atomic mass is 9.76. The third-order valence-electron chi connectivity index (χ3n) is 6.48. The number of nitrogens with one attached hydrogen (secondary N) is 2. The van der Waals surface area contributed by atoms with Gasteiger partial charge in [0, 0.05) is 23.1 Å². The molecule has 5 rings (SSSR count). The van der Waals surface area contributed by atoms with Crippen LogP contribution in [0.4, 0.5) is 0 Å². The van der Waals surface area contributed by atoms with Crippen LogP contribution in [-0.2, 0) is 18.4 Å². The highest BCUT2D eigenvalue weighted by Crippen LogP contribution is 2.44. The maximum Gasteiger partial charge on any atom is 0.254 e. The van der Waals surface area contributed by atoms with Gasteiger partial charge in [-0.15, -0.1) is 0 Å². The third-order valence-corrected chi connectivity index (χ3v) is 6.48. The maximum absolute atomic E-state index is 12.3. The van der Waals surface area contributed by atoms with Crippen molar-refractivity contribution in [2.75, 3.05) is 13.1 Å². The van der Waals surface area contributed by atoms with E-state index in [4.69, 9.17) is 4.98 Å². The Labute approximate surface area is 164 Å². The van der Waals surface area contributed by atoms with Crippen molar-refractivity contribution in [3.8, 4) is 11.3 Å². The SMILES string of the molecule is Cc1nc2c(c(=O)[nH]1)CCC21CCN(Cc2cn[nH]c2-c2ccccc2)CC1. The Kier molecular flexibility index (Phi) is 4.16. The number of H-pyrrole nitrogens is 2. The molecule has 1 aliphatic carbocycles. The lowest BCUT2D eigenvalue weighted by Gasteiger charge is -2.39. The normalized spacial score (nSPS) is 18.5. The van der Waals surface area contributed by atoms with E-state index in [1.165, 1.54) is 11.1 Å². The van der Waals surface area contributed by atoms with Crippen molar-refractivity contribution in [3.05, 3.63) is 69.5 Å². The Balaban J connectivity index is 1.33. The van der Waals surface area contributed by atoms with Gasteiger partial charge in [0.1, 0.15) is 5.82 Å².